The van der Waals surface area contributed by atoms with Crippen LogP contribution in [-0.4, -0.2) is 31.9 Å². The number of aryl methyl sites for hydroxylation is 1. The molecule has 0 aliphatic carbocycles. The van der Waals surface area contributed by atoms with Crippen LogP contribution in [0.15, 0.2) is 42.7 Å². The maximum absolute atomic E-state index is 6.02. The highest BCUT2D eigenvalue weighted by Gasteiger charge is 2.07. The van der Waals surface area contributed by atoms with E-state index in [0.717, 1.165) is 35.7 Å². The fourth-order valence-corrected chi connectivity index (χ4v) is 2.59. The molecule has 0 bridgehead atoms. The Labute approximate surface area is 134 Å². The van der Waals surface area contributed by atoms with Gasteiger partial charge in [0.25, 0.3) is 0 Å². The molecule has 3 aromatic rings. The number of H-pyrrole nitrogens is 1. The molecule has 0 aliphatic heterocycles. The van der Waals surface area contributed by atoms with Crippen LogP contribution >= 0.6 is 11.6 Å². The summed E-state index contributed by atoms with van der Waals surface area (Å²) in [6, 6.07) is 9.72. The van der Waals surface area contributed by atoms with Crippen LogP contribution in [0.5, 0.6) is 0 Å². The van der Waals surface area contributed by atoms with Crippen LogP contribution in [0.25, 0.3) is 5.69 Å². The van der Waals surface area contributed by atoms with Gasteiger partial charge in [0.2, 0.25) is 0 Å². The summed E-state index contributed by atoms with van der Waals surface area (Å²) in [5, 5.41) is 12.3. The molecule has 1 aromatic carbocycles. The molecule has 0 amide bonds. The van der Waals surface area contributed by atoms with E-state index in [1.165, 1.54) is 0 Å². The van der Waals surface area contributed by atoms with Crippen LogP contribution in [0.1, 0.15) is 17.0 Å². The van der Waals surface area contributed by atoms with Gasteiger partial charge in [-0.2, -0.15) is 10.2 Å². The Balaban J connectivity index is 1.66. The zero-order valence-electron chi connectivity index (χ0n) is 12.6. The lowest BCUT2D eigenvalue weighted by atomic mass is 10.3. The quantitative estimate of drug-likeness (QED) is 0.786. The van der Waals surface area contributed by atoms with Crippen LogP contribution in [0.2, 0.25) is 5.02 Å². The molecule has 22 heavy (non-hydrogen) atoms. The molecule has 0 aliphatic rings. The van der Waals surface area contributed by atoms with Crippen LogP contribution in [-0.2, 0) is 13.1 Å². The van der Waals surface area contributed by atoms with Gasteiger partial charge >= 0.3 is 0 Å². The Morgan fingerprint density at radius 1 is 1.27 bits per heavy atom. The van der Waals surface area contributed by atoms with E-state index in [0.29, 0.717) is 5.02 Å². The highest BCUT2D eigenvalue weighted by molar-refractivity contribution is 6.30. The molecule has 0 spiro atoms. The number of rotatable bonds is 5. The van der Waals surface area contributed by atoms with Crippen LogP contribution in [0.4, 0.5) is 0 Å². The number of aromatic nitrogens is 4. The molecule has 6 heteroatoms. The van der Waals surface area contributed by atoms with E-state index >= 15 is 0 Å². The van der Waals surface area contributed by atoms with Crippen molar-refractivity contribution in [2.75, 3.05) is 7.05 Å². The summed E-state index contributed by atoms with van der Waals surface area (Å²) in [4.78, 5) is 2.20. The predicted molar refractivity (Wildman–Crippen MR) is 87.1 cm³/mol. The third kappa shape index (κ3) is 3.55. The van der Waals surface area contributed by atoms with Crippen molar-refractivity contribution in [3.63, 3.8) is 0 Å². The van der Waals surface area contributed by atoms with Gasteiger partial charge in [0.15, 0.2) is 0 Å². The molecule has 3 rings (SSSR count). The first-order chi connectivity index (χ1) is 10.6. The minimum absolute atomic E-state index is 0.709. The topological polar surface area (TPSA) is 49.7 Å². The molecule has 1 N–H and O–H groups in total. The summed E-state index contributed by atoms with van der Waals surface area (Å²) < 4.78 is 1.84. The van der Waals surface area contributed by atoms with Gasteiger partial charge in [0.05, 0.1) is 17.6 Å². The van der Waals surface area contributed by atoms with E-state index in [-0.39, 0.29) is 0 Å². The number of halogens is 1. The number of nitrogens with one attached hydrogen (secondary N) is 1. The van der Waals surface area contributed by atoms with Crippen LogP contribution < -0.4 is 0 Å². The minimum Gasteiger partial charge on any atom is -0.296 e. The second-order valence-electron chi connectivity index (χ2n) is 5.49. The van der Waals surface area contributed by atoms with Crippen molar-refractivity contribution < 1.29 is 0 Å². The van der Waals surface area contributed by atoms with Crippen molar-refractivity contribution >= 4 is 11.6 Å². The molecule has 0 fully saturated rings. The molecular weight excluding hydrogens is 298 g/mol. The molecule has 0 atom stereocenters. The Hall–Kier alpha value is -2.11. The molecule has 5 nitrogen and oxygen atoms in total. The number of hydrogen-bond donors (Lipinski definition) is 1. The zero-order chi connectivity index (χ0) is 15.5. The van der Waals surface area contributed by atoms with Crippen LogP contribution in [0, 0.1) is 6.92 Å². The average Bonchev–Trinajstić information content (AvgIpc) is 3.08. The second-order valence-corrected chi connectivity index (χ2v) is 5.92. The normalized spacial score (nSPS) is 11.3. The average molecular weight is 316 g/mol. The van der Waals surface area contributed by atoms with Gasteiger partial charge in [-0.25, -0.2) is 4.68 Å². The highest BCUT2D eigenvalue weighted by Crippen LogP contribution is 2.15. The van der Waals surface area contributed by atoms with Gasteiger partial charge in [-0.15, -0.1) is 0 Å². The minimum atomic E-state index is 0.709. The lowest BCUT2D eigenvalue weighted by Gasteiger charge is -2.13. The fraction of sp³-hybridized carbons (Fsp3) is 0.250. The second kappa shape index (κ2) is 6.34. The predicted octanol–water partition coefficient (Wildman–Crippen LogP) is 3.19. The van der Waals surface area contributed by atoms with Crippen molar-refractivity contribution in [1.29, 1.82) is 0 Å². The van der Waals surface area contributed by atoms with E-state index in [1.807, 2.05) is 48.3 Å². The van der Waals surface area contributed by atoms with Gasteiger partial charge in [-0.3, -0.25) is 10.00 Å². The van der Waals surface area contributed by atoms with Crippen molar-refractivity contribution in [1.82, 2.24) is 24.9 Å². The number of nitrogens with zero attached hydrogens (tertiary/aromatic N) is 4. The molecule has 0 unspecified atom stereocenters. The molecule has 0 radical (unpaired) electrons. The summed E-state index contributed by atoms with van der Waals surface area (Å²) in [5.74, 6) is 0. The standard InChI is InChI=1S/C16H18ClN5/c1-12-6-15(20-19-12)11-21(2)9-13-8-18-22(10-13)16-5-3-4-14(17)7-16/h3-8,10H,9,11H2,1-2H3,(H,19,20). The Morgan fingerprint density at radius 2 is 2.14 bits per heavy atom. The highest BCUT2D eigenvalue weighted by atomic mass is 35.5. The Morgan fingerprint density at radius 3 is 2.86 bits per heavy atom. The third-order valence-electron chi connectivity index (χ3n) is 3.35. The maximum Gasteiger partial charge on any atom is 0.0765 e. The molecule has 2 aromatic heterocycles. The summed E-state index contributed by atoms with van der Waals surface area (Å²) in [6.07, 6.45) is 3.91. The molecule has 0 saturated carbocycles. The Bertz CT molecular complexity index is 761. The van der Waals surface area contributed by atoms with E-state index in [1.54, 1.807) is 0 Å². The summed E-state index contributed by atoms with van der Waals surface area (Å²) in [7, 11) is 2.07. The first kappa shape index (κ1) is 14.8. The summed E-state index contributed by atoms with van der Waals surface area (Å²) >= 11 is 6.02. The monoisotopic (exact) mass is 315 g/mol. The largest absolute Gasteiger partial charge is 0.296 e. The number of aromatic amines is 1. The van der Waals surface area contributed by atoms with E-state index in [4.69, 9.17) is 11.6 Å². The van der Waals surface area contributed by atoms with Crippen molar-refractivity contribution in [2.45, 2.75) is 20.0 Å². The van der Waals surface area contributed by atoms with Gasteiger partial charge in [-0.05, 0) is 38.2 Å². The van der Waals surface area contributed by atoms with Crippen LogP contribution in [0.3, 0.4) is 0 Å². The third-order valence-corrected chi connectivity index (χ3v) is 3.59. The smallest absolute Gasteiger partial charge is 0.0765 e. The molecule has 0 saturated heterocycles. The molecule has 2 heterocycles. The van der Waals surface area contributed by atoms with Gasteiger partial charge < -0.3 is 0 Å². The summed E-state index contributed by atoms with van der Waals surface area (Å²) in [6.45, 7) is 3.62. The van der Waals surface area contributed by atoms with Crippen molar-refractivity contribution in [2.24, 2.45) is 0 Å². The van der Waals surface area contributed by atoms with E-state index in [9.17, 15) is 0 Å². The fourth-order valence-electron chi connectivity index (χ4n) is 2.40. The molecule has 114 valence electrons. The first-order valence-corrected chi connectivity index (χ1v) is 7.47. The van der Waals surface area contributed by atoms with E-state index < -0.39 is 0 Å². The number of hydrogen-bond acceptors (Lipinski definition) is 3. The Kier molecular flexibility index (Phi) is 4.27. The maximum atomic E-state index is 6.02. The lowest BCUT2D eigenvalue weighted by molar-refractivity contribution is 0.315. The SMILES string of the molecule is Cc1cc(CN(C)Cc2cnn(-c3cccc(Cl)c3)c2)n[nH]1. The zero-order valence-corrected chi connectivity index (χ0v) is 13.4. The van der Waals surface area contributed by atoms with Crippen molar-refractivity contribution in [3.8, 4) is 5.69 Å². The lowest BCUT2D eigenvalue weighted by Crippen LogP contribution is -2.17. The summed E-state index contributed by atoms with van der Waals surface area (Å²) in [5.41, 5.74) is 4.23. The van der Waals surface area contributed by atoms with Gasteiger partial charge in [-0.1, -0.05) is 17.7 Å². The first-order valence-electron chi connectivity index (χ1n) is 7.09. The molecular formula is C16H18ClN5. The van der Waals surface area contributed by atoms with Crippen molar-refractivity contribution in [3.05, 3.63) is 64.7 Å². The van der Waals surface area contributed by atoms with Gasteiger partial charge in [0.1, 0.15) is 0 Å². The number of benzene rings is 1. The van der Waals surface area contributed by atoms with E-state index in [2.05, 4.69) is 33.3 Å². The van der Waals surface area contributed by atoms with Gasteiger partial charge in [0, 0.05) is 35.6 Å².